The molecule has 3 fully saturated rings. The van der Waals surface area contributed by atoms with Crippen LogP contribution in [-0.2, 0) is 4.74 Å². The van der Waals surface area contributed by atoms with Crippen LogP contribution in [0, 0.1) is 16.7 Å². The summed E-state index contributed by atoms with van der Waals surface area (Å²) in [5.74, 6) is 0.777. The maximum atomic E-state index is 10.6. The fourth-order valence-corrected chi connectivity index (χ4v) is 6.28. The molecule has 4 nitrogen and oxygen atoms in total. The Balaban J connectivity index is 1.24. The Labute approximate surface area is 174 Å². The molecule has 2 bridgehead atoms. The third-order valence-electron chi connectivity index (χ3n) is 7.61. The summed E-state index contributed by atoms with van der Waals surface area (Å²) in [4.78, 5) is 4.71. The topological polar surface area (TPSA) is 35.9 Å². The lowest BCUT2D eigenvalue weighted by molar-refractivity contribution is -0.113. The zero-order valence-corrected chi connectivity index (χ0v) is 18.3. The van der Waals surface area contributed by atoms with Crippen molar-refractivity contribution in [2.45, 2.75) is 52.2 Å². The van der Waals surface area contributed by atoms with Crippen LogP contribution in [0.15, 0.2) is 24.3 Å². The average Bonchev–Trinajstić information content (AvgIpc) is 3.13. The zero-order chi connectivity index (χ0) is 19.9. The van der Waals surface area contributed by atoms with Gasteiger partial charge in [0.25, 0.3) is 0 Å². The van der Waals surface area contributed by atoms with Gasteiger partial charge in [-0.1, -0.05) is 38.4 Å². The first kappa shape index (κ1) is 20.5. The van der Waals surface area contributed by atoms with Crippen LogP contribution in [0.1, 0.15) is 40.0 Å². The Kier molecular flexibility index (Phi) is 5.69. The Morgan fingerprint density at radius 1 is 1.21 bits per heavy atom. The van der Waals surface area contributed by atoms with E-state index < -0.39 is 6.10 Å². The van der Waals surface area contributed by atoms with E-state index in [0.717, 1.165) is 37.1 Å². The summed E-state index contributed by atoms with van der Waals surface area (Å²) >= 11 is 6.12. The fraction of sp³-hybridized carbons (Fsp3) is 0.739. The Morgan fingerprint density at radius 2 is 1.96 bits per heavy atom. The SMILES string of the molecule is CC1(C)[C@H]2CC[C@@](C)(C2)[C@@H]1OC[C@H](O)CN1CCN(c2cccc(Cl)c2)CC1. The maximum Gasteiger partial charge on any atom is 0.0900 e. The number of nitrogens with zero attached hydrogens (tertiary/aromatic N) is 2. The van der Waals surface area contributed by atoms with Crippen LogP contribution < -0.4 is 4.90 Å². The van der Waals surface area contributed by atoms with Crippen LogP contribution in [0.2, 0.25) is 5.02 Å². The van der Waals surface area contributed by atoms with Crippen molar-refractivity contribution in [3.8, 4) is 0 Å². The number of anilines is 1. The van der Waals surface area contributed by atoms with Crippen molar-refractivity contribution < 1.29 is 9.84 Å². The first-order valence-electron chi connectivity index (χ1n) is 10.8. The number of aliphatic hydroxyl groups excluding tert-OH is 1. The van der Waals surface area contributed by atoms with E-state index in [1.54, 1.807) is 0 Å². The molecule has 3 aliphatic rings. The third kappa shape index (κ3) is 3.94. The lowest BCUT2D eigenvalue weighted by Gasteiger charge is -2.43. The lowest BCUT2D eigenvalue weighted by atomic mass is 9.70. The van der Waals surface area contributed by atoms with Gasteiger partial charge < -0.3 is 14.7 Å². The van der Waals surface area contributed by atoms with Crippen molar-refractivity contribution in [1.82, 2.24) is 4.90 Å². The van der Waals surface area contributed by atoms with Crippen molar-refractivity contribution in [2.24, 2.45) is 16.7 Å². The molecule has 156 valence electrons. The van der Waals surface area contributed by atoms with Crippen LogP contribution in [-0.4, -0.2) is 61.5 Å². The van der Waals surface area contributed by atoms with E-state index in [9.17, 15) is 5.11 Å². The van der Waals surface area contributed by atoms with Crippen molar-refractivity contribution >= 4 is 17.3 Å². The number of halogens is 1. The summed E-state index contributed by atoms with van der Waals surface area (Å²) in [6, 6.07) is 8.05. The monoisotopic (exact) mass is 406 g/mol. The molecule has 28 heavy (non-hydrogen) atoms. The molecule has 2 aliphatic carbocycles. The second-order valence-electron chi connectivity index (χ2n) is 10.0. The third-order valence-corrected chi connectivity index (χ3v) is 7.84. The van der Waals surface area contributed by atoms with Crippen molar-refractivity contribution in [3.63, 3.8) is 0 Å². The summed E-state index contributed by atoms with van der Waals surface area (Å²) < 4.78 is 6.36. The van der Waals surface area contributed by atoms with E-state index in [1.165, 1.54) is 24.9 Å². The quantitative estimate of drug-likeness (QED) is 0.772. The molecule has 0 aromatic heterocycles. The molecule has 1 aromatic rings. The Morgan fingerprint density at radius 3 is 2.61 bits per heavy atom. The predicted molar refractivity (Wildman–Crippen MR) is 115 cm³/mol. The minimum Gasteiger partial charge on any atom is -0.389 e. The average molecular weight is 407 g/mol. The predicted octanol–water partition coefficient (Wildman–Crippen LogP) is 4.05. The summed E-state index contributed by atoms with van der Waals surface area (Å²) in [6.45, 7) is 12.1. The van der Waals surface area contributed by atoms with Crippen LogP contribution in [0.25, 0.3) is 0 Å². The van der Waals surface area contributed by atoms with E-state index in [4.69, 9.17) is 16.3 Å². The number of rotatable bonds is 6. The molecule has 1 aliphatic heterocycles. The molecular weight excluding hydrogens is 372 g/mol. The standard InChI is InChI=1S/C23H35ClN2O2/c1-22(2)17-7-8-23(3,14-17)21(22)28-16-20(27)15-25-9-11-26(12-10-25)19-6-4-5-18(24)13-19/h4-6,13,17,20-21,27H,7-12,14-16H2,1-3H3/t17-,20+,21+,23-/m0/s1. The molecule has 0 spiro atoms. The second kappa shape index (κ2) is 7.79. The Bertz CT molecular complexity index is 684. The second-order valence-corrected chi connectivity index (χ2v) is 10.5. The largest absolute Gasteiger partial charge is 0.389 e. The van der Waals surface area contributed by atoms with Gasteiger partial charge in [-0.2, -0.15) is 0 Å². The van der Waals surface area contributed by atoms with Crippen molar-refractivity contribution in [2.75, 3.05) is 44.2 Å². The van der Waals surface area contributed by atoms with E-state index >= 15 is 0 Å². The highest BCUT2D eigenvalue weighted by molar-refractivity contribution is 6.30. The summed E-state index contributed by atoms with van der Waals surface area (Å²) in [7, 11) is 0. The number of hydrogen-bond acceptors (Lipinski definition) is 4. The van der Waals surface area contributed by atoms with Gasteiger partial charge in [0.05, 0.1) is 18.8 Å². The van der Waals surface area contributed by atoms with E-state index in [1.807, 2.05) is 18.2 Å². The van der Waals surface area contributed by atoms with Crippen molar-refractivity contribution in [1.29, 1.82) is 0 Å². The molecule has 1 saturated heterocycles. The molecule has 0 amide bonds. The fourth-order valence-electron chi connectivity index (χ4n) is 6.09. The van der Waals surface area contributed by atoms with E-state index in [-0.39, 0.29) is 11.5 Å². The molecule has 1 heterocycles. The number of aliphatic hydroxyl groups is 1. The van der Waals surface area contributed by atoms with Crippen molar-refractivity contribution in [3.05, 3.63) is 29.3 Å². The number of β-amino-alcohol motifs (C(OH)–C–C–N with tert-alkyl or cyclic N) is 1. The zero-order valence-electron chi connectivity index (χ0n) is 17.5. The number of ether oxygens (including phenoxy) is 1. The first-order chi connectivity index (χ1) is 13.3. The van der Waals surface area contributed by atoms with Crippen LogP contribution in [0.3, 0.4) is 0 Å². The van der Waals surface area contributed by atoms with Gasteiger partial charge >= 0.3 is 0 Å². The number of piperazine rings is 1. The summed E-state index contributed by atoms with van der Waals surface area (Å²) in [6.07, 6.45) is 3.74. The van der Waals surface area contributed by atoms with Gasteiger partial charge in [-0.25, -0.2) is 0 Å². The number of hydrogen-bond donors (Lipinski definition) is 1. The molecule has 2 saturated carbocycles. The smallest absolute Gasteiger partial charge is 0.0900 e. The minimum absolute atomic E-state index is 0.231. The van der Waals surface area contributed by atoms with E-state index in [2.05, 4.69) is 36.6 Å². The van der Waals surface area contributed by atoms with Gasteiger partial charge in [0.2, 0.25) is 0 Å². The minimum atomic E-state index is -0.420. The summed E-state index contributed by atoms with van der Waals surface area (Å²) in [5, 5.41) is 11.4. The highest BCUT2D eigenvalue weighted by Gasteiger charge is 2.60. The van der Waals surface area contributed by atoms with Crippen LogP contribution in [0.5, 0.6) is 0 Å². The number of fused-ring (bicyclic) bond motifs is 2. The van der Waals surface area contributed by atoms with Crippen LogP contribution in [0.4, 0.5) is 5.69 Å². The molecule has 1 N–H and O–H groups in total. The maximum absolute atomic E-state index is 10.6. The van der Waals surface area contributed by atoms with Crippen LogP contribution >= 0.6 is 11.6 Å². The molecule has 0 radical (unpaired) electrons. The molecule has 4 rings (SSSR count). The molecule has 4 atom stereocenters. The number of benzene rings is 1. The highest BCUT2D eigenvalue weighted by Crippen LogP contribution is 2.63. The highest BCUT2D eigenvalue weighted by atomic mass is 35.5. The van der Waals surface area contributed by atoms with Gasteiger partial charge in [0.1, 0.15) is 0 Å². The normalized spacial score (nSPS) is 33.4. The van der Waals surface area contributed by atoms with Gasteiger partial charge in [-0.3, -0.25) is 4.90 Å². The van der Waals surface area contributed by atoms with Gasteiger partial charge in [0, 0.05) is 43.4 Å². The molecule has 1 aromatic carbocycles. The lowest BCUT2D eigenvalue weighted by Crippen LogP contribution is -2.50. The molecular formula is C23H35ClN2O2. The Hall–Kier alpha value is -0.810. The first-order valence-corrected chi connectivity index (χ1v) is 11.2. The van der Waals surface area contributed by atoms with Gasteiger partial charge in [0.15, 0.2) is 0 Å². The molecule has 5 heteroatoms. The van der Waals surface area contributed by atoms with Gasteiger partial charge in [-0.05, 0) is 54.2 Å². The van der Waals surface area contributed by atoms with Gasteiger partial charge in [-0.15, -0.1) is 0 Å². The molecule has 0 unspecified atom stereocenters. The summed E-state index contributed by atoms with van der Waals surface area (Å²) in [5.41, 5.74) is 1.72. The van der Waals surface area contributed by atoms with E-state index in [0.29, 0.717) is 18.6 Å².